The Morgan fingerprint density at radius 3 is 1.13 bits per heavy atom. The normalized spacial score (nSPS) is 14.6. The van der Waals surface area contributed by atoms with Crippen molar-refractivity contribution in [1.29, 1.82) is 0 Å². The zero-order chi connectivity index (χ0) is 28.8. The number of benzene rings is 2. The first-order valence-electron chi connectivity index (χ1n) is 14.0. The van der Waals surface area contributed by atoms with Gasteiger partial charge in [0.25, 0.3) is 0 Å². The average molecular weight is 559 g/mol. The molecule has 0 fully saturated rings. The highest BCUT2D eigenvalue weighted by Gasteiger charge is 2.53. The second-order valence-corrected chi connectivity index (χ2v) is 27.5. The molecule has 2 aromatic rings. The molecule has 2 aromatic carbocycles. The molecule has 39 heavy (non-hydrogen) atoms. The molecule has 1 aliphatic heterocycles. The summed E-state index contributed by atoms with van der Waals surface area (Å²) < 4.78 is 0. The molecule has 3 rings (SSSR count). The Hall–Kier alpha value is -3.19. The summed E-state index contributed by atoms with van der Waals surface area (Å²) in [5, 5.41) is 2.54. The van der Waals surface area contributed by atoms with Gasteiger partial charge in [0.2, 0.25) is 0 Å². The molecule has 0 aliphatic carbocycles. The van der Waals surface area contributed by atoms with Crippen LogP contribution in [-0.4, -0.2) is 24.2 Å². The van der Waals surface area contributed by atoms with Gasteiger partial charge in [0, 0.05) is 10.4 Å². The summed E-state index contributed by atoms with van der Waals surface area (Å²) in [5.41, 5.74) is 12.6. The third-order valence-electron chi connectivity index (χ3n) is 6.90. The van der Waals surface area contributed by atoms with Crippen molar-refractivity contribution in [3.8, 4) is 46.6 Å². The van der Waals surface area contributed by atoms with E-state index in [0.29, 0.717) is 11.1 Å². The molecule has 0 bridgehead atoms. The lowest BCUT2D eigenvalue weighted by molar-refractivity contribution is 0.919. The SMILES string of the molecule is CC(C)[Si]1(C(C)C)C(C#CC#C[Si](C)(C)C)=C(c2ccccc2)C(c2ccccc2)=C1C#CC#C[Si](C)(C)C. The number of rotatable bonds is 4. The van der Waals surface area contributed by atoms with Crippen molar-refractivity contribution in [3.05, 3.63) is 82.2 Å². The van der Waals surface area contributed by atoms with Crippen LogP contribution in [0.25, 0.3) is 11.1 Å². The van der Waals surface area contributed by atoms with E-state index in [1.54, 1.807) is 0 Å². The van der Waals surface area contributed by atoms with Gasteiger partial charge in [-0.05, 0) is 57.0 Å². The van der Waals surface area contributed by atoms with Gasteiger partial charge >= 0.3 is 0 Å². The molecular weight excluding hydrogens is 517 g/mol. The van der Waals surface area contributed by atoms with E-state index in [2.05, 4.69) is 174 Å². The summed E-state index contributed by atoms with van der Waals surface area (Å²) in [7, 11) is -5.48. The monoisotopic (exact) mass is 558 g/mol. The van der Waals surface area contributed by atoms with Gasteiger partial charge in [-0.2, -0.15) is 0 Å². The number of hydrogen-bond donors (Lipinski definition) is 0. The first kappa shape index (κ1) is 30.4. The summed E-state index contributed by atoms with van der Waals surface area (Å²) in [6.45, 7) is 23.0. The van der Waals surface area contributed by atoms with Crippen LogP contribution in [0, 0.1) is 46.6 Å². The summed E-state index contributed by atoms with van der Waals surface area (Å²) in [6.07, 6.45) is 0. The van der Waals surface area contributed by atoms with Gasteiger partial charge in [0.15, 0.2) is 0 Å². The van der Waals surface area contributed by atoms with Gasteiger partial charge < -0.3 is 0 Å². The van der Waals surface area contributed by atoms with Crippen LogP contribution in [-0.2, 0) is 0 Å². The maximum atomic E-state index is 3.70. The van der Waals surface area contributed by atoms with E-state index >= 15 is 0 Å². The summed E-state index contributed by atoms with van der Waals surface area (Å²) in [4.78, 5) is 0. The Labute approximate surface area is 241 Å². The van der Waals surface area contributed by atoms with E-state index in [1.165, 1.54) is 32.7 Å². The number of allylic oxidation sites excluding steroid dienone is 4. The van der Waals surface area contributed by atoms with Crippen LogP contribution in [0.4, 0.5) is 0 Å². The summed E-state index contributed by atoms with van der Waals surface area (Å²) in [5.74, 6) is 20.6. The molecule has 0 saturated carbocycles. The minimum Gasteiger partial charge on any atom is -0.118 e. The van der Waals surface area contributed by atoms with Crippen LogP contribution in [0.2, 0.25) is 50.4 Å². The molecule has 0 saturated heterocycles. The fraction of sp³-hybridized carbons (Fsp3) is 0.333. The summed E-state index contributed by atoms with van der Waals surface area (Å²) in [6, 6.07) is 21.5. The molecule has 0 spiro atoms. The third-order valence-corrected chi connectivity index (χ3v) is 14.7. The Morgan fingerprint density at radius 1 is 0.513 bits per heavy atom. The predicted molar refractivity (Wildman–Crippen MR) is 180 cm³/mol. The van der Waals surface area contributed by atoms with Crippen molar-refractivity contribution in [1.82, 2.24) is 0 Å². The quantitative estimate of drug-likeness (QED) is 0.259. The van der Waals surface area contributed by atoms with Gasteiger partial charge in [0.1, 0.15) is 24.2 Å². The molecule has 1 aliphatic rings. The molecule has 0 nitrogen and oxygen atoms in total. The maximum absolute atomic E-state index is 3.70. The minimum absolute atomic E-state index is 0.404. The topological polar surface area (TPSA) is 0 Å². The van der Waals surface area contributed by atoms with Crippen LogP contribution in [0.3, 0.4) is 0 Å². The Kier molecular flexibility index (Phi) is 9.60. The van der Waals surface area contributed by atoms with Gasteiger partial charge in [-0.1, -0.05) is 139 Å². The van der Waals surface area contributed by atoms with E-state index in [-0.39, 0.29) is 0 Å². The molecule has 0 unspecified atom stereocenters. The van der Waals surface area contributed by atoms with Gasteiger partial charge in [-0.25, -0.2) is 0 Å². The van der Waals surface area contributed by atoms with Crippen molar-refractivity contribution in [3.63, 3.8) is 0 Å². The van der Waals surface area contributed by atoms with Gasteiger partial charge in [-0.3, -0.25) is 0 Å². The van der Waals surface area contributed by atoms with E-state index in [4.69, 9.17) is 0 Å². The summed E-state index contributed by atoms with van der Waals surface area (Å²) >= 11 is 0. The van der Waals surface area contributed by atoms with Gasteiger partial charge in [-0.15, -0.1) is 11.1 Å². The van der Waals surface area contributed by atoms with E-state index < -0.39 is 24.2 Å². The molecule has 0 aromatic heterocycles. The molecule has 198 valence electrons. The Morgan fingerprint density at radius 2 is 0.846 bits per heavy atom. The standard InChI is InChI=1S/C36H42Si3/c1-29(2)39(30(3)4)33(25-17-19-27-37(5,6)7)35(31-21-13-11-14-22-31)36(32-23-15-12-16-24-32)34(39)26-18-20-28-38(8,9)10/h11-16,21-24,29-30H,1-10H3. The van der Waals surface area contributed by atoms with Crippen molar-refractivity contribution >= 4 is 35.4 Å². The van der Waals surface area contributed by atoms with Crippen LogP contribution in [0.15, 0.2) is 71.1 Å². The maximum Gasteiger partial charge on any atom is 0.146 e. The molecule has 0 radical (unpaired) electrons. The highest BCUT2D eigenvalue weighted by Crippen LogP contribution is 2.56. The lowest BCUT2D eigenvalue weighted by Crippen LogP contribution is -2.44. The minimum atomic E-state index is -2.43. The van der Waals surface area contributed by atoms with Crippen LogP contribution < -0.4 is 0 Å². The van der Waals surface area contributed by atoms with E-state index in [1.807, 2.05) is 0 Å². The first-order valence-corrected chi connectivity index (χ1v) is 23.1. The Balaban J connectivity index is 2.53. The zero-order valence-corrected chi connectivity index (χ0v) is 28.4. The van der Waals surface area contributed by atoms with Crippen molar-refractivity contribution in [2.75, 3.05) is 0 Å². The van der Waals surface area contributed by atoms with E-state index in [9.17, 15) is 0 Å². The van der Waals surface area contributed by atoms with Crippen LogP contribution >= 0.6 is 0 Å². The molecule has 0 atom stereocenters. The van der Waals surface area contributed by atoms with E-state index in [0.717, 1.165) is 0 Å². The fourth-order valence-electron chi connectivity index (χ4n) is 5.35. The molecular formula is C36H42Si3. The highest BCUT2D eigenvalue weighted by molar-refractivity contribution is 7.00. The van der Waals surface area contributed by atoms with Crippen LogP contribution in [0.1, 0.15) is 38.8 Å². The van der Waals surface area contributed by atoms with Crippen molar-refractivity contribution in [2.24, 2.45) is 0 Å². The first-order chi connectivity index (χ1) is 18.3. The van der Waals surface area contributed by atoms with Crippen molar-refractivity contribution in [2.45, 2.75) is 78.1 Å². The predicted octanol–water partition coefficient (Wildman–Crippen LogP) is 9.02. The highest BCUT2D eigenvalue weighted by atomic mass is 28.3. The molecule has 0 N–H and O–H groups in total. The molecule has 0 amide bonds. The second-order valence-electron chi connectivity index (χ2n) is 12.9. The third kappa shape index (κ3) is 7.07. The second kappa shape index (κ2) is 12.3. The smallest absolute Gasteiger partial charge is 0.118 e. The van der Waals surface area contributed by atoms with Crippen LogP contribution in [0.5, 0.6) is 0 Å². The zero-order valence-electron chi connectivity index (χ0n) is 25.4. The Bertz CT molecular complexity index is 1390. The fourth-order valence-corrected chi connectivity index (χ4v) is 12.0. The average Bonchev–Trinajstić information content (AvgIpc) is 3.15. The van der Waals surface area contributed by atoms with Gasteiger partial charge in [0.05, 0.1) is 0 Å². The number of hydrogen-bond acceptors (Lipinski definition) is 0. The van der Waals surface area contributed by atoms with Crippen molar-refractivity contribution < 1.29 is 0 Å². The molecule has 1 heterocycles. The molecule has 3 heteroatoms. The lowest BCUT2D eigenvalue weighted by Gasteiger charge is -2.37. The lowest BCUT2D eigenvalue weighted by atomic mass is 9.92. The largest absolute Gasteiger partial charge is 0.146 e.